The topological polar surface area (TPSA) is 26.0 Å². The van der Waals surface area contributed by atoms with Crippen LogP contribution in [0.2, 0.25) is 0 Å². The smallest absolute Gasteiger partial charge is 0.0473 e. The zero-order valence-corrected chi connectivity index (χ0v) is 14.8. The van der Waals surface area contributed by atoms with Gasteiger partial charge in [-0.15, -0.1) is 0 Å². The molecular weight excluding hydrogens is 314 g/mol. The molecule has 0 amide bonds. The molecule has 0 heterocycles. The second kappa shape index (κ2) is 6.89. The van der Waals surface area contributed by atoms with Crippen molar-refractivity contribution >= 4 is 5.69 Å². The molecule has 4 aromatic carbocycles. The van der Waals surface area contributed by atoms with Crippen LogP contribution in [-0.2, 0) is 0 Å². The van der Waals surface area contributed by atoms with Gasteiger partial charge in [-0.3, -0.25) is 0 Å². The molecule has 0 atom stereocenters. The molecule has 26 heavy (non-hydrogen) atoms. The van der Waals surface area contributed by atoms with E-state index in [0.717, 1.165) is 27.9 Å². The van der Waals surface area contributed by atoms with E-state index >= 15 is 0 Å². The van der Waals surface area contributed by atoms with E-state index in [2.05, 4.69) is 97.9 Å². The minimum atomic E-state index is 0.821. The van der Waals surface area contributed by atoms with Gasteiger partial charge in [-0.05, 0) is 29.2 Å². The van der Waals surface area contributed by atoms with Crippen LogP contribution in [0.25, 0.3) is 33.4 Å². The summed E-state index contributed by atoms with van der Waals surface area (Å²) in [7, 11) is 0. The third-order valence-electron chi connectivity index (χ3n) is 4.74. The van der Waals surface area contributed by atoms with Crippen LogP contribution in [-0.4, -0.2) is 0 Å². The SMILES string of the molecule is Cc1cccc(-c2cccc(-c3ccccc3-c3ccccc3)c2N)c1. The van der Waals surface area contributed by atoms with Gasteiger partial charge in [0, 0.05) is 16.8 Å². The monoisotopic (exact) mass is 335 g/mol. The summed E-state index contributed by atoms with van der Waals surface area (Å²) in [6, 6.07) is 33.7. The van der Waals surface area contributed by atoms with Gasteiger partial charge >= 0.3 is 0 Å². The third kappa shape index (κ3) is 3.00. The predicted molar refractivity (Wildman–Crippen MR) is 112 cm³/mol. The summed E-state index contributed by atoms with van der Waals surface area (Å²) in [6.07, 6.45) is 0. The number of hydrogen-bond acceptors (Lipinski definition) is 1. The maximum Gasteiger partial charge on any atom is 0.0473 e. The summed E-state index contributed by atoms with van der Waals surface area (Å²) >= 11 is 0. The molecule has 0 aliphatic heterocycles. The van der Waals surface area contributed by atoms with Crippen molar-refractivity contribution in [3.63, 3.8) is 0 Å². The van der Waals surface area contributed by atoms with Crippen molar-refractivity contribution in [2.45, 2.75) is 6.92 Å². The number of hydrogen-bond donors (Lipinski definition) is 1. The number of rotatable bonds is 3. The zero-order valence-electron chi connectivity index (χ0n) is 14.8. The lowest BCUT2D eigenvalue weighted by Crippen LogP contribution is -1.95. The third-order valence-corrected chi connectivity index (χ3v) is 4.74. The highest BCUT2D eigenvalue weighted by Crippen LogP contribution is 2.39. The Balaban J connectivity index is 1.90. The van der Waals surface area contributed by atoms with Gasteiger partial charge in [-0.1, -0.05) is 103 Å². The zero-order chi connectivity index (χ0) is 17.9. The molecule has 0 unspecified atom stereocenters. The number of anilines is 1. The molecule has 0 fully saturated rings. The first kappa shape index (κ1) is 16.2. The Kier molecular flexibility index (Phi) is 4.28. The normalized spacial score (nSPS) is 10.7. The molecule has 0 aliphatic carbocycles. The quantitative estimate of drug-likeness (QED) is 0.421. The van der Waals surface area contributed by atoms with Crippen molar-refractivity contribution in [1.29, 1.82) is 0 Å². The standard InChI is InChI=1S/C25H21N/c1-18-9-7-12-20(17-18)22-15-8-16-24(25(22)26)23-14-6-5-13-21(23)19-10-3-2-4-11-19/h2-17H,26H2,1H3. The van der Waals surface area contributed by atoms with Crippen molar-refractivity contribution in [2.24, 2.45) is 0 Å². The van der Waals surface area contributed by atoms with Crippen LogP contribution in [0.4, 0.5) is 5.69 Å². The second-order valence-electron chi connectivity index (χ2n) is 6.55. The van der Waals surface area contributed by atoms with Gasteiger partial charge in [-0.2, -0.15) is 0 Å². The summed E-state index contributed by atoms with van der Waals surface area (Å²) in [4.78, 5) is 0. The Morgan fingerprint density at radius 3 is 1.85 bits per heavy atom. The number of aryl methyl sites for hydroxylation is 1. The average molecular weight is 335 g/mol. The van der Waals surface area contributed by atoms with Crippen LogP contribution in [0.3, 0.4) is 0 Å². The van der Waals surface area contributed by atoms with Crippen LogP contribution >= 0.6 is 0 Å². The van der Waals surface area contributed by atoms with Gasteiger partial charge in [0.15, 0.2) is 0 Å². The largest absolute Gasteiger partial charge is 0.398 e. The molecule has 0 aliphatic rings. The van der Waals surface area contributed by atoms with Crippen LogP contribution in [0.1, 0.15) is 5.56 Å². The van der Waals surface area contributed by atoms with E-state index in [1.807, 2.05) is 6.07 Å². The van der Waals surface area contributed by atoms with E-state index < -0.39 is 0 Å². The van der Waals surface area contributed by atoms with E-state index in [1.165, 1.54) is 16.7 Å². The Bertz CT molecular complexity index is 1050. The van der Waals surface area contributed by atoms with Gasteiger partial charge in [0.2, 0.25) is 0 Å². The molecule has 0 bridgehead atoms. The molecule has 2 N–H and O–H groups in total. The van der Waals surface area contributed by atoms with Gasteiger partial charge in [0.05, 0.1) is 0 Å². The maximum atomic E-state index is 6.64. The lowest BCUT2D eigenvalue weighted by molar-refractivity contribution is 1.46. The van der Waals surface area contributed by atoms with Crippen LogP contribution in [0.15, 0.2) is 97.1 Å². The fourth-order valence-corrected chi connectivity index (χ4v) is 3.45. The summed E-state index contributed by atoms with van der Waals surface area (Å²) in [5, 5.41) is 0. The Morgan fingerprint density at radius 1 is 0.500 bits per heavy atom. The highest BCUT2D eigenvalue weighted by atomic mass is 14.6. The first-order valence-corrected chi connectivity index (χ1v) is 8.84. The van der Waals surface area contributed by atoms with Gasteiger partial charge < -0.3 is 5.73 Å². The first-order valence-electron chi connectivity index (χ1n) is 8.84. The molecule has 4 rings (SSSR count). The molecule has 1 nitrogen and oxygen atoms in total. The molecule has 126 valence electrons. The first-order chi connectivity index (χ1) is 12.7. The van der Waals surface area contributed by atoms with E-state index in [9.17, 15) is 0 Å². The summed E-state index contributed by atoms with van der Waals surface area (Å²) in [5.74, 6) is 0. The highest BCUT2D eigenvalue weighted by Gasteiger charge is 2.12. The van der Waals surface area contributed by atoms with E-state index in [-0.39, 0.29) is 0 Å². The summed E-state index contributed by atoms with van der Waals surface area (Å²) in [5.41, 5.74) is 15.6. The highest BCUT2D eigenvalue weighted by molar-refractivity contribution is 5.94. The predicted octanol–water partition coefficient (Wildman–Crippen LogP) is 6.58. The maximum absolute atomic E-state index is 6.64. The van der Waals surface area contributed by atoms with Crippen molar-refractivity contribution in [1.82, 2.24) is 0 Å². The molecule has 4 aromatic rings. The molecule has 0 saturated carbocycles. The van der Waals surface area contributed by atoms with E-state index in [0.29, 0.717) is 0 Å². The number of benzene rings is 4. The Morgan fingerprint density at radius 2 is 1.08 bits per heavy atom. The average Bonchev–Trinajstić information content (AvgIpc) is 2.69. The summed E-state index contributed by atoms with van der Waals surface area (Å²) in [6.45, 7) is 2.11. The van der Waals surface area contributed by atoms with Crippen LogP contribution in [0.5, 0.6) is 0 Å². The van der Waals surface area contributed by atoms with E-state index in [4.69, 9.17) is 5.73 Å². The summed E-state index contributed by atoms with van der Waals surface area (Å²) < 4.78 is 0. The lowest BCUT2D eigenvalue weighted by atomic mass is 9.91. The molecule has 0 saturated heterocycles. The van der Waals surface area contributed by atoms with Crippen molar-refractivity contribution < 1.29 is 0 Å². The van der Waals surface area contributed by atoms with Crippen molar-refractivity contribution in [3.8, 4) is 33.4 Å². The number of nitrogens with two attached hydrogens (primary N) is 1. The van der Waals surface area contributed by atoms with Crippen LogP contribution < -0.4 is 5.73 Å². The van der Waals surface area contributed by atoms with Crippen LogP contribution in [0, 0.1) is 6.92 Å². The molecular formula is C25H21N. The van der Waals surface area contributed by atoms with Gasteiger partial charge in [0.25, 0.3) is 0 Å². The van der Waals surface area contributed by atoms with Gasteiger partial charge in [-0.25, -0.2) is 0 Å². The second-order valence-corrected chi connectivity index (χ2v) is 6.55. The number of nitrogen functional groups attached to an aromatic ring is 1. The molecule has 0 spiro atoms. The van der Waals surface area contributed by atoms with Gasteiger partial charge in [0.1, 0.15) is 0 Å². The van der Waals surface area contributed by atoms with E-state index in [1.54, 1.807) is 0 Å². The lowest BCUT2D eigenvalue weighted by Gasteiger charge is -2.15. The minimum Gasteiger partial charge on any atom is -0.398 e. The fourth-order valence-electron chi connectivity index (χ4n) is 3.45. The molecule has 1 heteroatoms. The Hall–Kier alpha value is -3.32. The van der Waals surface area contributed by atoms with Crippen molar-refractivity contribution in [3.05, 3.63) is 103 Å². The minimum absolute atomic E-state index is 0.821. The number of para-hydroxylation sites is 1. The van der Waals surface area contributed by atoms with Crippen molar-refractivity contribution in [2.75, 3.05) is 5.73 Å². The molecule has 0 radical (unpaired) electrons. The Labute approximate surface area is 154 Å². The molecule has 0 aromatic heterocycles. The fraction of sp³-hybridized carbons (Fsp3) is 0.0400.